The molecule has 1 fully saturated rings. The van der Waals surface area contributed by atoms with E-state index in [1.165, 1.54) is 29.8 Å². The molecule has 0 saturated heterocycles. The summed E-state index contributed by atoms with van der Waals surface area (Å²) in [5.41, 5.74) is 3.13. The van der Waals surface area contributed by atoms with Gasteiger partial charge in [0.15, 0.2) is 0 Å². The van der Waals surface area contributed by atoms with Crippen LogP contribution < -0.4 is 5.32 Å². The van der Waals surface area contributed by atoms with Crippen LogP contribution in [0, 0.1) is 18.8 Å². The van der Waals surface area contributed by atoms with Crippen molar-refractivity contribution >= 4 is 11.3 Å². The van der Waals surface area contributed by atoms with Crippen molar-refractivity contribution in [1.29, 1.82) is 0 Å². The lowest BCUT2D eigenvalue weighted by atomic mass is 9.73. The van der Waals surface area contributed by atoms with E-state index in [2.05, 4.69) is 29.4 Å². The summed E-state index contributed by atoms with van der Waals surface area (Å²) in [6, 6.07) is 0.699. The highest BCUT2D eigenvalue weighted by molar-refractivity contribution is 7.09. The van der Waals surface area contributed by atoms with Crippen molar-refractivity contribution in [2.24, 2.45) is 11.8 Å². The summed E-state index contributed by atoms with van der Waals surface area (Å²) >= 11 is 1.77. The van der Waals surface area contributed by atoms with E-state index in [9.17, 15) is 0 Å². The van der Waals surface area contributed by atoms with Crippen LogP contribution in [0.2, 0.25) is 0 Å². The van der Waals surface area contributed by atoms with E-state index in [-0.39, 0.29) is 0 Å². The van der Waals surface area contributed by atoms with Crippen LogP contribution in [0.3, 0.4) is 0 Å². The smallest absolute Gasteiger partial charge is 0.0798 e. The molecular formula is C13H18N2S. The Morgan fingerprint density at radius 2 is 2.38 bits per heavy atom. The molecule has 1 saturated carbocycles. The number of thiazole rings is 1. The number of rotatable bonds is 3. The van der Waals surface area contributed by atoms with E-state index >= 15 is 0 Å². The second-order valence-electron chi connectivity index (χ2n) is 4.97. The molecule has 0 spiro atoms. The molecule has 1 N–H and O–H groups in total. The molecule has 3 aliphatic carbocycles. The molecule has 2 nitrogen and oxygen atoms in total. The van der Waals surface area contributed by atoms with Crippen molar-refractivity contribution in [2.45, 2.75) is 38.8 Å². The largest absolute Gasteiger partial charge is 0.308 e. The first-order chi connectivity index (χ1) is 7.83. The summed E-state index contributed by atoms with van der Waals surface area (Å²) in [6.45, 7) is 3.10. The van der Waals surface area contributed by atoms with Gasteiger partial charge in [-0.2, -0.15) is 0 Å². The number of nitrogens with one attached hydrogen (secondary N) is 1. The maximum Gasteiger partial charge on any atom is 0.0798 e. The molecular weight excluding hydrogens is 216 g/mol. The fraction of sp³-hybridized carbons (Fsp3) is 0.615. The van der Waals surface area contributed by atoms with Crippen molar-refractivity contribution in [3.63, 3.8) is 0 Å². The van der Waals surface area contributed by atoms with Gasteiger partial charge < -0.3 is 5.32 Å². The van der Waals surface area contributed by atoms with Gasteiger partial charge in [0.05, 0.1) is 11.2 Å². The van der Waals surface area contributed by atoms with Gasteiger partial charge in [-0.15, -0.1) is 11.3 Å². The number of nitrogens with zero attached hydrogens (tertiary/aromatic N) is 1. The van der Waals surface area contributed by atoms with Gasteiger partial charge in [-0.1, -0.05) is 12.2 Å². The highest BCUT2D eigenvalue weighted by atomic mass is 32.1. The molecule has 3 aliphatic rings. The van der Waals surface area contributed by atoms with Crippen molar-refractivity contribution < 1.29 is 0 Å². The van der Waals surface area contributed by atoms with E-state index in [0.29, 0.717) is 6.04 Å². The van der Waals surface area contributed by atoms with Crippen LogP contribution in [0.1, 0.15) is 29.8 Å². The molecule has 0 radical (unpaired) electrons. The second kappa shape index (κ2) is 4.30. The maximum atomic E-state index is 4.29. The van der Waals surface area contributed by atoms with Gasteiger partial charge in [0.25, 0.3) is 0 Å². The number of aryl methyl sites for hydroxylation is 1. The molecule has 4 rings (SSSR count). The predicted molar refractivity (Wildman–Crippen MR) is 67.4 cm³/mol. The molecule has 0 aromatic carbocycles. The molecule has 3 atom stereocenters. The van der Waals surface area contributed by atoms with Crippen molar-refractivity contribution in [2.75, 3.05) is 0 Å². The molecule has 0 amide bonds. The van der Waals surface area contributed by atoms with Crippen LogP contribution in [0.4, 0.5) is 0 Å². The molecule has 1 heterocycles. The summed E-state index contributed by atoms with van der Waals surface area (Å²) < 4.78 is 0. The lowest BCUT2D eigenvalue weighted by Crippen LogP contribution is -2.42. The Bertz CT molecular complexity index is 396. The minimum Gasteiger partial charge on any atom is -0.308 e. The summed E-state index contributed by atoms with van der Waals surface area (Å²) in [7, 11) is 0. The van der Waals surface area contributed by atoms with E-state index in [0.717, 1.165) is 18.4 Å². The van der Waals surface area contributed by atoms with E-state index < -0.39 is 0 Å². The Balaban J connectivity index is 1.60. The van der Waals surface area contributed by atoms with Gasteiger partial charge in [0.2, 0.25) is 0 Å². The van der Waals surface area contributed by atoms with Gasteiger partial charge in [-0.25, -0.2) is 4.98 Å². The molecule has 86 valence electrons. The fourth-order valence-electron chi connectivity index (χ4n) is 2.89. The standard InChI is InChI=1S/C13H18N2S/c1-9-13(16-8-15-9)7-14-12-6-10-2-4-11(12)5-3-10/h2,4,8,10-12,14H,3,5-7H2,1H3/t10-,11+,12?/m0/s1. The maximum absolute atomic E-state index is 4.29. The zero-order valence-corrected chi connectivity index (χ0v) is 10.5. The fourth-order valence-corrected chi connectivity index (χ4v) is 3.61. The average molecular weight is 234 g/mol. The highest BCUT2D eigenvalue weighted by Gasteiger charge is 2.31. The number of fused-ring (bicyclic) bond motifs is 2. The first-order valence-corrected chi connectivity index (χ1v) is 7.01. The lowest BCUT2D eigenvalue weighted by molar-refractivity contribution is 0.244. The third kappa shape index (κ3) is 1.94. The summed E-state index contributed by atoms with van der Waals surface area (Å²) in [5, 5.41) is 3.72. The van der Waals surface area contributed by atoms with Crippen molar-refractivity contribution in [3.05, 3.63) is 28.2 Å². The molecule has 1 aromatic rings. The average Bonchev–Trinajstić information content (AvgIpc) is 2.74. The van der Waals surface area contributed by atoms with E-state index in [1.54, 1.807) is 11.3 Å². The van der Waals surface area contributed by atoms with E-state index in [1.807, 2.05) is 5.51 Å². The van der Waals surface area contributed by atoms with Crippen LogP contribution in [0.25, 0.3) is 0 Å². The van der Waals surface area contributed by atoms with Crippen molar-refractivity contribution in [3.8, 4) is 0 Å². The third-order valence-electron chi connectivity index (χ3n) is 3.94. The first-order valence-electron chi connectivity index (χ1n) is 6.13. The van der Waals surface area contributed by atoms with Crippen molar-refractivity contribution in [1.82, 2.24) is 10.3 Å². The normalized spacial score (nSPS) is 32.2. The quantitative estimate of drug-likeness (QED) is 0.813. The Hall–Kier alpha value is -0.670. The van der Waals surface area contributed by atoms with Crippen LogP contribution >= 0.6 is 11.3 Å². The first kappa shape index (κ1) is 10.5. The molecule has 16 heavy (non-hydrogen) atoms. The van der Waals surface area contributed by atoms with Gasteiger partial charge >= 0.3 is 0 Å². The van der Waals surface area contributed by atoms with Crippen LogP contribution in [0.5, 0.6) is 0 Å². The Kier molecular flexibility index (Phi) is 2.82. The SMILES string of the molecule is Cc1ncsc1CNC1C[C@H]2C=C[C@@H]1CC2. The summed E-state index contributed by atoms with van der Waals surface area (Å²) in [6.07, 6.45) is 8.96. The van der Waals surface area contributed by atoms with Gasteiger partial charge in [0.1, 0.15) is 0 Å². The second-order valence-corrected chi connectivity index (χ2v) is 5.91. The molecule has 3 heteroatoms. The number of hydrogen-bond donors (Lipinski definition) is 1. The third-order valence-corrected chi connectivity index (χ3v) is 4.88. The number of aromatic nitrogens is 1. The Labute approximate surface area is 101 Å². The van der Waals surface area contributed by atoms with E-state index in [4.69, 9.17) is 0 Å². The lowest BCUT2D eigenvalue weighted by Gasteiger charge is -2.38. The van der Waals surface area contributed by atoms with Crippen LogP contribution in [-0.2, 0) is 6.54 Å². The van der Waals surface area contributed by atoms with Gasteiger partial charge in [0, 0.05) is 17.5 Å². The summed E-state index contributed by atoms with van der Waals surface area (Å²) in [4.78, 5) is 5.69. The Morgan fingerprint density at radius 1 is 1.44 bits per heavy atom. The minimum atomic E-state index is 0.699. The molecule has 2 bridgehead atoms. The van der Waals surface area contributed by atoms with Gasteiger partial charge in [-0.3, -0.25) is 0 Å². The molecule has 1 unspecified atom stereocenters. The Morgan fingerprint density at radius 3 is 2.94 bits per heavy atom. The zero-order valence-electron chi connectivity index (χ0n) is 9.65. The number of hydrogen-bond acceptors (Lipinski definition) is 3. The molecule has 1 aromatic heterocycles. The zero-order chi connectivity index (χ0) is 11.0. The minimum absolute atomic E-state index is 0.699. The monoisotopic (exact) mass is 234 g/mol. The summed E-state index contributed by atoms with van der Waals surface area (Å²) in [5.74, 6) is 1.61. The number of allylic oxidation sites excluding steroid dienone is 1. The molecule has 0 aliphatic heterocycles. The highest BCUT2D eigenvalue weighted by Crippen LogP contribution is 2.36. The predicted octanol–water partition coefficient (Wildman–Crippen LogP) is 2.90. The van der Waals surface area contributed by atoms with Crippen LogP contribution in [-0.4, -0.2) is 11.0 Å². The van der Waals surface area contributed by atoms with Crippen LogP contribution in [0.15, 0.2) is 17.7 Å². The topological polar surface area (TPSA) is 24.9 Å². The van der Waals surface area contributed by atoms with Gasteiger partial charge in [-0.05, 0) is 38.0 Å².